The summed E-state index contributed by atoms with van der Waals surface area (Å²) < 4.78 is 11.5. The maximum absolute atomic E-state index is 5.76. The second kappa shape index (κ2) is 5.55. The summed E-state index contributed by atoms with van der Waals surface area (Å²) in [6.45, 7) is 1.16. The Bertz CT molecular complexity index is 559. The van der Waals surface area contributed by atoms with Gasteiger partial charge in [0.05, 0.1) is 23.9 Å². The van der Waals surface area contributed by atoms with Gasteiger partial charge < -0.3 is 15.2 Å². The van der Waals surface area contributed by atoms with Gasteiger partial charge in [0, 0.05) is 11.9 Å². The van der Waals surface area contributed by atoms with Gasteiger partial charge in [-0.15, -0.1) is 0 Å². The minimum atomic E-state index is 0.153. The molecule has 3 rings (SSSR count). The second-order valence-electron chi connectivity index (χ2n) is 4.87. The van der Waals surface area contributed by atoms with E-state index in [1.165, 1.54) is 0 Å². The maximum atomic E-state index is 5.76. The first kappa shape index (κ1) is 12.4. The van der Waals surface area contributed by atoms with Gasteiger partial charge in [-0.25, -0.2) is 0 Å². The van der Waals surface area contributed by atoms with Crippen LogP contribution in [0.3, 0.4) is 0 Å². The van der Waals surface area contributed by atoms with Crippen LogP contribution in [0.4, 0.5) is 0 Å². The van der Waals surface area contributed by atoms with E-state index in [4.69, 9.17) is 15.2 Å². The zero-order chi connectivity index (χ0) is 13.1. The zero-order valence-electron chi connectivity index (χ0n) is 10.8. The van der Waals surface area contributed by atoms with Crippen LogP contribution in [0.1, 0.15) is 12.8 Å². The molecule has 2 unspecified atom stereocenters. The molecule has 2 heterocycles. The fraction of sp³-hybridized carbons (Fsp3) is 0.400. The first-order valence-electron chi connectivity index (χ1n) is 6.68. The van der Waals surface area contributed by atoms with Gasteiger partial charge in [0.15, 0.2) is 0 Å². The van der Waals surface area contributed by atoms with Gasteiger partial charge in [-0.1, -0.05) is 18.2 Å². The highest BCUT2D eigenvalue weighted by Crippen LogP contribution is 2.22. The number of nitrogens with two attached hydrogens (primary N) is 1. The molecular formula is C15H18N2O2. The van der Waals surface area contributed by atoms with Crippen molar-refractivity contribution in [3.63, 3.8) is 0 Å². The molecule has 0 spiro atoms. The number of pyridine rings is 1. The van der Waals surface area contributed by atoms with Crippen molar-refractivity contribution in [1.29, 1.82) is 0 Å². The molecule has 1 saturated heterocycles. The molecule has 4 nitrogen and oxygen atoms in total. The Labute approximate surface area is 112 Å². The number of para-hydroxylation sites is 1. The van der Waals surface area contributed by atoms with Gasteiger partial charge in [0.1, 0.15) is 12.4 Å². The number of hydrogen-bond acceptors (Lipinski definition) is 4. The van der Waals surface area contributed by atoms with E-state index in [2.05, 4.69) is 4.98 Å². The van der Waals surface area contributed by atoms with Crippen LogP contribution in [-0.2, 0) is 4.74 Å². The van der Waals surface area contributed by atoms with Crippen molar-refractivity contribution in [2.24, 2.45) is 5.73 Å². The second-order valence-corrected chi connectivity index (χ2v) is 4.87. The maximum Gasteiger partial charge on any atom is 0.138 e. The molecule has 0 radical (unpaired) electrons. The lowest BCUT2D eigenvalue weighted by molar-refractivity contribution is 0.0221. The average Bonchev–Trinajstić information content (AvgIpc) is 2.93. The van der Waals surface area contributed by atoms with E-state index in [1.807, 2.05) is 30.3 Å². The highest BCUT2D eigenvalue weighted by molar-refractivity contribution is 5.79. The molecule has 1 aromatic heterocycles. The number of hydrogen-bond donors (Lipinski definition) is 1. The largest absolute Gasteiger partial charge is 0.489 e. The summed E-state index contributed by atoms with van der Waals surface area (Å²) in [4.78, 5) is 4.37. The fourth-order valence-electron chi connectivity index (χ4n) is 2.40. The SMILES string of the molecule is NCC1CCC(COc2cnc3ccccc3c2)O1. The first-order chi connectivity index (χ1) is 9.35. The van der Waals surface area contributed by atoms with E-state index >= 15 is 0 Å². The Hall–Kier alpha value is -1.65. The Kier molecular flexibility index (Phi) is 3.62. The normalized spacial score (nSPS) is 22.8. The molecule has 100 valence electrons. The molecule has 1 fully saturated rings. The van der Waals surface area contributed by atoms with E-state index in [0.29, 0.717) is 13.2 Å². The van der Waals surface area contributed by atoms with Gasteiger partial charge in [-0.3, -0.25) is 4.98 Å². The Morgan fingerprint density at radius 2 is 2.11 bits per heavy atom. The molecule has 1 aliphatic heterocycles. The molecule has 0 bridgehead atoms. The van der Waals surface area contributed by atoms with Gasteiger partial charge in [0.2, 0.25) is 0 Å². The van der Waals surface area contributed by atoms with Gasteiger partial charge in [-0.2, -0.15) is 0 Å². The van der Waals surface area contributed by atoms with E-state index in [1.54, 1.807) is 6.20 Å². The van der Waals surface area contributed by atoms with Crippen LogP contribution in [0.5, 0.6) is 5.75 Å². The molecule has 0 saturated carbocycles. The van der Waals surface area contributed by atoms with E-state index < -0.39 is 0 Å². The molecule has 4 heteroatoms. The van der Waals surface area contributed by atoms with Gasteiger partial charge in [-0.05, 0) is 25.0 Å². The molecule has 1 aromatic carbocycles. The molecule has 2 atom stereocenters. The number of benzene rings is 1. The minimum Gasteiger partial charge on any atom is -0.489 e. The standard InChI is InChI=1S/C15H18N2O2/c16-8-12-5-6-13(19-12)10-18-14-7-11-3-1-2-4-15(11)17-9-14/h1-4,7,9,12-13H,5-6,8,10,16H2. The molecule has 19 heavy (non-hydrogen) atoms. The third-order valence-electron chi connectivity index (χ3n) is 3.46. The van der Waals surface area contributed by atoms with Crippen LogP contribution >= 0.6 is 0 Å². The Balaban J connectivity index is 1.62. The third-order valence-corrected chi connectivity index (χ3v) is 3.46. The van der Waals surface area contributed by atoms with Crippen molar-refractivity contribution < 1.29 is 9.47 Å². The van der Waals surface area contributed by atoms with Crippen molar-refractivity contribution in [2.75, 3.05) is 13.2 Å². The van der Waals surface area contributed by atoms with Crippen LogP contribution < -0.4 is 10.5 Å². The molecule has 2 N–H and O–H groups in total. The average molecular weight is 258 g/mol. The minimum absolute atomic E-state index is 0.153. The summed E-state index contributed by atoms with van der Waals surface area (Å²) in [6, 6.07) is 10.0. The number of fused-ring (bicyclic) bond motifs is 1. The van der Waals surface area contributed by atoms with Crippen molar-refractivity contribution in [1.82, 2.24) is 4.98 Å². The van der Waals surface area contributed by atoms with Gasteiger partial charge in [0.25, 0.3) is 0 Å². The zero-order valence-corrected chi connectivity index (χ0v) is 10.8. The lowest BCUT2D eigenvalue weighted by atomic mass is 10.2. The molecule has 2 aromatic rings. The van der Waals surface area contributed by atoms with E-state index in [-0.39, 0.29) is 12.2 Å². The molecular weight excluding hydrogens is 240 g/mol. The summed E-state index contributed by atoms with van der Waals surface area (Å²) in [5, 5.41) is 1.09. The van der Waals surface area contributed by atoms with Crippen LogP contribution in [0.2, 0.25) is 0 Å². The van der Waals surface area contributed by atoms with Gasteiger partial charge >= 0.3 is 0 Å². The first-order valence-corrected chi connectivity index (χ1v) is 6.68. The summed E-state index contributed by atoms with van der Waals surface area (Å²) in [7, 11) is 0. The Morgan fingerprint density at radius 1 is 1.26 bits per heavy atom. The third kappa shape index (κ3) is 2.85. The van der Waals surface area contributed by atoms with Crippen molar-refractivity contribution in [3.8, 4) is 5.75 Å². The fourth-order valence-corrected chi connectivity index (χ4v) is 2.40. The summed E-state index contributed by atoms with van der Waals surface area (Å²) in [5.41, 5.74) is 6.57. The summed E-state index contributed by atoms with van der Waals surface area (Å²) in [5.74, 6) is 0.790. The molecule has 0 aliphatic carbocycles. The van der Waals surface area contributed by atoms with Crippen LogP contribution in [0.15, 0.2) is 36.5 Å². The predicted octanol–water partition coefficient (Wildman–Crippen LogP) is 2.12. The smallest absolute Gasteiger partial charge is 0.138 e. The number of nitrogens with zero attached hydrogens (tertiary/aromatic N) is 1. The van der Waals surface area contributed by atoms with Crippen molar-refractivity contribution >= 4 is 10.9 Å². The summed E-state index contributed by atoms with van der Waals surface area (Å²) in [6.07, 6.45) is 4.16. The number of aromatic nitrogens is 1. The van der Waals surface area contributed by atoms with Crippen molar-refractivity contribution in [3.05, 3.63) is 36.5 Å². The topological polar surface area (TPSA) is 57.4 Å². The van der Waals surface area contributed by atoms with Crippen molar-refractivity contribution in [2.45, 2.75) is 25.0 Å². The van der Waals surface area contributed by atoms with Crippen LogP contribution in [0.25, 0.3) is 10.9 Å². The molecule has 0 amide bonds. The monoisotopic (exact) mass is 258 g/mol. The number of rotatable bonds is 4. The summed E-state index contributed by atoms with van der Waals surface area (Å²) >= 11 is 0. The molecule has 1 aliphatic rings. The number of ether oxygens (including phenoxy) is 2. The highest BCUT2D eigenvalue weighted by Gasteiger charge is 2.24. The quantitative estimate of drug-likeness (QED) is 0.912. The van der Waals surface area contributed by atoms with Crippen LogP contribution in [0, 0.1) is 0 Å². The predicted molar refractivity (Wildman–Crippen MR) is 74.2 cm³/mol. The lowest BCUT2D eigenvalue weighted by Gasteiger charge is -2.13. The lowest BCUT2D eigenvalue weighted by Crippen LogP contribution is -2.23. The van der Waals surface area contributed by atoms with Crippen LogP contribution in [-0.4, -0.2) is 30.3 Å². The highest BCUT2D eigenvalue weighted by atomic mass is 16.5. The van der Waals surface area contributed by atoms with E-state index in [9.17, 15) is 0 Å². The van der Waals surface area contributed by atoms with E-state index in [0.717, 1.165) is 29.5 Å². The Morgan fingerprint density at radius 3 is 2.95 bits per heavy atom.